The van der Waals surface area contributed by atoms with E-state index in [1.165, 1.54) is 4.90 Å². The van der Waals surface area contributed by atoms with E-state index in [1.807, 2.05) is 0 Å². The normalized spacial score (nSPS) is 17.9. The monoisotopic (exact) mass is 279 g/mol. The van der Waals surface area contributed by atoms with Crippen LogP contribution in [0.3, 0.4) is 0 Å². The molecule has 1 unspecified atom stereocenters. The minimum absolute atomic E-state index is 0.0214. The average molecular weight is 279 g/mol. The van der Waals surface area contributed by atoms with Gasteiger partial charge in [-0.05, 0) is 18.4 Å². The highest BCUT2D eigenvalue weighted by Gasteiger charge is 2.33. The summed E-state index contributed by atoms with van der Waals surface area (Å²) in [5.41, 5.74) is 8.29. The number of ether oxygens (including phenoxy) is 1. The molecule has 1 aliphatic heterocycles. The molecule has 2 rings (SSSR count). The van der Waals surface area contributed by atoms with Crippen LogP contribution in [0.25, 0.3) is 10.4 Å². The highest BCUT2D eigenvalue weighted by molar-refractivity contribution is 5.94. The van der Waals surface area contributed by atoms with Crippen molar-refractivity contribution < 1.29 is 18.7 Å². The van der Waals surface area contributed by atoms with Crippen molar-refractivity contribution in [2.45, 2.75) is 13.3 Å². The van der Waals surface area contributed by atoms with E-state index < -0.39 is 5.97 Å². The molecule has 0 saturated carbocycles. The minimum atomic E-state index is -0.597. The molecule has 0 radical (unpaired) electrons. The summed E-state index contributed by atoms with van der Waals surface area (Å²) in [6.45, 7) is 2.51. The van der Waals surface area contributed by atoms with Crippen molar-refractivity contribution in [1.29, 1.82) is 0 Å². The fourth-order valence-electron chi connectivity index (χ4n) is 1.93. The first-order valence-corrected chi connectivity index (χ1v) is 6.09. The third-order valence-corrected chi connectivity index (χ3v) is 2.82. The van der Waals surface area contributed by atoms with Gasteiger partial charge in [-0.3, -0.25) is 9.69 Å². The first-order valence-electron chi connectivity index (χ1n) is 6.09. The molecule has 2 heterocycles. The van der Waals surface area contributed by atoms with Gasteiger partial charge >= 0.3 is 12.0 Å². The molecule has 9 nitrogen and oxygen atoms in total. The number of carbonyl (C=O) groups excluding carboxylic acids is 2. The van der Waals surface area contributed by atoms with Crippen molar-refractivity contribution in [3.63, 3.8) is 0 Å². The number of azide groups is 1. The van der Waals surface area contributed by atoms with Gasteiger partial charge in [-0.1, -0.05) is 5.11 Å². The lowest BCUT2D eigenvalue weighted by molar-refractivity contribution is -0.117. The van der Waals surface area contributed by atoms with E-state index in [0.717, 1.165) is 6.26 Å². The second-order valence-corrected chi connectivity index (χ2v) is 4.22. The maximum absolute atomic E-state index is 11.8. The standard InChI is InChI=1S/C11H13N5O4/c1-2-19-10(18)8-6-20-11(14-8)16-5-7(3-9(16)17)4-13-15-12/h6-7H,2-5H2,1H3. The topological polar surface area (TPSA) is 121 Å². The van der Waals surface area contributed by atoms with E-state index in [1.54, 1.807) is 6.92 Å². The zero-order valence-corrected chi connectivity index (χ0v) is 10.9. The van der Waals surface area contributed by atoms with Crippen molar-refractivity contribution in [3.05, 3.63) is 22.4 Å². The van der Waals surface area contributed by atoms with Crippen LogP contribution in [-0.4, -0.2) is 36.6 Å². The van der Waals surface area contributed by atoms with Crippen LogP contribution in [0.1, 0.15) is 23.8 Å². The lowest BCUT2D eigenvalue weighted by Crippen LogP contribution is -2.25. The number of esters is 1. The molecule has 1 aromatic rings. The molecule has 1 fully saturated rings. The van der Waals surface area contributed by atoms with Crippen molar-refractivity contribution in [2.75, 3.05) is 24.6 Å². The highest BCUT2D eigenvalue weighted by atomic mass is 16.5. The maximum Gasteiger partial charge on any atom is 0.360 e. The van der Waals surface area contributed by atoms with Gasteiger partial charge in [-0.25, -0.2) is 4.79 Å². The van der Waals surface area contributed by atoms with Gasteiger partial charge in [-0.15, -0.1) is 0 Å². The molecule has 9 heteroatoms. The zero-order chi connectivity index (χ0) is 14.5. The molecule has 1 atom stereocenters. The third-order valence-electron chi connectivity index (χ3n) is 2.82. The summed E-state index contributed by atoms with van der Waals surface area (Å²) in [6, 6.07) is 0.0569. The Morgan fingerprint density at radius 3 is 3.25 bits per heavy atom. The average Bonchev–Trinajstić information content (AvgIpc) is 3.03. The Kier molecular flexibility index (Phi) is 4.21. The summed E-state index contributed by atoms with van der Waals surface area (Å²) in [6.07, 6.45) is 1.41. The third kappa shape index (κ3) is 2.89. The van der Waals surface area contributed by atoms with Crippen molar-refractivity contribution in [3.8, 4) is 0 Å². The zero-order valence-electron chi connectivity index (χ0n) is 10.9. The predicted molar refractivity (Wildman–Crippen MR) is 66.9 cm³/mol. The molecular weight excluding hydrogens is 266 g/mol. The fraction of sp³-hybridized carbons (Fsp3) is 0.545. The maximum atomic E-state index is 11.8. The highest BCUT2D eigenvalue weighted by Crippen LogP contribution is 2.24. The summed E-state index contributed by atoms with van der Waals surface area (Å²) in [4.78, 5) is 31.2. The Labute approximate surface area is 114 Å². The SMILES string of the molecule is CCOC(=O)c1coc(N2CC(CN=[N+]=[N-])CC2=O)n1. The number of oxazole rings is 1. The molecule has 1 amide bonds. The van der Waals surface area contributed by atoms with Crippen LogP contribution in [0.15, 0.2) is 15.8 Å². The molecule has 0 bridgehead atoms. The Balaban J connectivity index is 2.06. The molecule has 1 saturated heterocycles. The van der Waals surface area contributed by atoms with E-state index in [9.17, 15) is 9.59 Å². The van der Waals surface area contributed by atoms with Crippen LogP contribution in [0.2, 0.25) is 0 Å². The number of hydrogen-bond donors (Lipinski definition) is 0. The van der Waals surface area contributed by atoms with E-state index in [-0.39, 0.29) is 43.1 Å². The number of nitrogens with zero attached hydrogens (tertiary/aromatic N) is 5. The lowest BCUT2D eigenvalue weighted by Gasteiger charge is -2.10. The lowest BCUT2D eigenvalue weighted by atomic mass is 10.1. The van der Waals surface area contributed by atoms with E-state index in [0.29, 0.717) is 6.54 Å². The van der Waals surface area contributed by atoms with Gasteiger partial charge in [0, 0.05) is 24.4 Å². The van der Waals surface area contributed by atoms with Crippen LogP contribution in [0.4, 0.5) is 6.01 Å². The van der Waals surface area contributed by atoms with Crippen LogP contribution >= 0.6 is 0 Å². The molecule has 0 spiro atoms. The summed E-state index contributed by atoms with van der Waals surface area (Å²) in [5.74, 6) is -0.850. The smallest absolute Gasteiger partial charge is 0.360 e. The van der Waals surface area contributed by atoms with Gasteiger partial charge < -0.3 is 9.15 Å². The summed E-state index contributed by atoms with van der Waals surface area (Å²) in [7, 11) is 0. The van der Waals surface area contributed by atoms with E-state index in [4.69, 9.17) is 14.7 Å². The second-order valence-electron chi connectivity index (χ2n) is 4.22. The second kappa shape index (κ2) is 6.07. The molecule has 0 aromatic carbocycles. The van der Waals surface area contributed by atoms with E-state index in [2.05, 4.69) is 15.0 Å². The Hall–Kier alpha value is -2.54. The van der Waals surface area contributed by atoms with Crippen LogP contribution in [0.5, 0.6) is 0 Å². The van der Waals surface area contributed by atoms with Gasteiger partial charge in [0.15, 0.2) is 5.69 Å². The molecule has 0 N–H and O–H groups in total. The predicted octanol–water partition coefficient (Wildman–Crippen LogP) is 1.51. The first kappa shape index (κ1) is 13.9. The van der Waals surface area contributed by atoms with Crippen LogP contribution in [0, 0.1) is 5.92 Å². The molecule has 20 heavy (non-hydrogen) atoms. The Morgan fingerprint density at radius 1 is 1.75 bits per heavy atom. The quantitative estimate of drug-likeness (QED) is 0.350. The molecule has 106 valence electrons. The molecule has 1 aliphatic rings. The summed E-state index contributed by atoms with van der Waals surface area (Å²) in [5, 5.41) is 3.45. The molecular formula is C11H13N5O4. The van der Waals surface area contributed by atoms with Crippen LogP contribution in [-0.2, 0) is 9.53 Å². The van der Waals surface area contributed by atoms with Gasteiger partial charge in [0.1, 0.15) is 6.26 Å². The number of rotatable bonds is 5. The Morgan fingerprint density at radius 2 is 2.55 bits per heavy atom. The van der Waals surface area contributed by atoms with Gasteiger partial charge in [0.2, 0.25) is 5.91 Å². The number of hydrogen-bond acceptors (Lipinski definition) is 6. The van der Waals surface area contributed by atoms with Gasteiger partial charge in [0.05, 0.1) is 6.61 Å². The first-order chi connectivity index (χ1) is 9.65. The molecule has 1 aromatic heterocycles. The van der Waals surface area contributed by atoms with Crippen molar-refractivity contribution >= 4 is 17.9 Å². The minimum Gasteiger partial charge on any atom is -0.461 e. The van der Waals surface area contributed by atoms with Gasteiger partial charge in [0.25, 0.3) is 0 Å². The fourth-order valence-corrected chi connectivity index (χ4v) is 1.93. The molecule has 0 aliphatic carbocycles. The van der Waals surface area contributed by atoms with E-state index >= 15 is 0 Å². The van der Waals surface area contributed by atoms with Crippen LogP contribution < -0.4 is 4.90 Å². The number of carbonyl (C=O) groups is 2. The number of amides is 1. The summed E-state index contributed by atoms with van der Waals surface area (Å²) >= 11 is 0. The summed E-state index contributed by atoms with van der Waals surface area (Å²) < 4.78 is 9.91. The van der Waals surface area contributed by atoms with Crippen molar-refractivity contribution in [1.82, 2.24) is 4.98 Å². The Bertz CT molecular complexity index is 563. The number of anilines is 1. The largest absolute Gasteiger partial charge is 0.461 e. The number of aromatic nitrogens is 1. The van der Waals surface area contributed by atoms with Gasteiger partial charge in [-0.2, -0.15) is 4.98 Å². The van der Waals surface area contributed by atoms with Crippen molar-refractivity contribution in [2.24, 2.45) is 11.0 Å².